The van der Waals surface area contributed by atoms with Gasteiger partial charge in [0.05, 0.1) is 13.6 Å². The quantitative estimate of drug-likeness (QED) is 0.749. The van der Waals surface area contributed by atoms with Gasteiger partial charge in [-0.05, 0) is 58.0 Å². The van der Waals surface area contributed by atoms with E-state index in [0.717, 1.165) is 12.1 Å². The Kier molecular flexibility index (Phi) is 3.21. The first-order valence-corrected chi connectivity index (χ1v) is 7.03. The Morgan fingerprint density at radius 2 is 2.21 bits per heavy atom. The van der Waals surface area contributed by atoms with Crippen molar-refractivity contribution in [3.63, 3.8) is 0 Å². The molecule has 1 aromatic carbocycles. The first-order chi connectivity index (χ1) is 9.13. The van der Waals surface area contributed by atoms with Crippen LogP contribution in [0.3, 0.4) is 0 Å². The molecule has 1 aliphatic rings. The summed E-state index contributed by atoms with van der Waals surface area (Å²) in [6.45, 7) is 0.375. The summed E-state index contributed by atoms with van der Waals surface area (Å²) in [5, 5.41) is 11.9. The third-order valence-corrected chi connectivity index (χ3v) is 3.76. The Hall–Kier alpha value is -1.51. The number of amides is 1. The van der Waals surface area contributed by atoms with Gasteiger partial charge in [-0.15, -0.1) is 10.2 Å². The van der Waals surface area contributed by atoms with E-state index in [2.05, 4.69) is 44.1 Å². The standard InChI is InChI=1S/C12H12IN5O/c1-17-15-11(14-16-17)7-18-10-4-3-9(13)6-8(10)2-5-12(18)19/h3-4,6H,2,5,7H2,1H3. The Bertz CT molecular complexity index is 639. The summed E-state index contributed by atoms with van der Waals surface area (Å²) in [6.07, 6.45) is 1.34. The number of anilines is 1. The number of carbonyl (C=O) groups excluding carboxylic acids is 1. The van der Waals surface area contributed by atoms with Gasteiger partial charge in [0.1, 0.15) is 0 Å². The lowest BCUT2D eigenvalue weighted by Gasteiger charge is -2.28. The maximum Gasteiger partial charge on any atom is 0.227 e. The van der Waals surface area contributed by atoms with Gasteiger partial charge in [-0.1, -0.05) is 0 Å². The maximum atomic E-state index is 12.1. The number of hydrogen-bond donors (Lipinski definition) is 0. The predicted octanol–water partition coefficient (Wildman–Crippen LogP) is 1.29. The van der Waals surface area contributed by atoms with Gasteiger partial charge < -0.3 is 4.90 Å². The predicted molar refractivity (Wildman–Crippen MR) is 77.5 cm³/mol. The van der Waals surface area contributed by atoms with E-state index < -0.39 is 0 Å². The SMILES string of the molecule is Cn1nnc(CN2C(=O)CCc3cc(I)ccc32)n1. The number of aromatic nitrogens is 4. The maximum absolute atomic E-state index is 12.1. The zero-order valence-electron chi connectivity index (χ0n) is 10.4. The van der Waals surface area contributed by atoms with E-state index in [4.69, 9.17) is 0 Å². The van der Waals surface area contributed by atoms with E-state index in [-0.39, 0.29) is 5.91 Å². The second kappa shape index (κ2) is 4.87. The molecule has 19 heavy (non-hydrogen) atoms. The fourth-order valence-electron chi connectivity index (χ4n) is 2.23. The summed E-state index contributed by atoms with van der Waals surface area (Å²) in [4.78, 5) is 15.2. The summed E-state index contributed by atoms with van der Waals surface area (Å²) < 4.78 is 1.18. The van der Waals surface area contributed by atoms with E-state index in [0.29, 0.717) is 18.8 Å². The smallest absolute Gasteiger partial charge is 0.227 e. The van der Waals surface area contributed by atoms with Crippen molar-refractivity contribution in [3.8, 4) is 0 Å². The van der Waals surface area contributed by atoms with Crippen molar-refractivity contribution < 1.29 is 4.79 Å². The minimum absolute atomic E-state index is 0.112. The highest BCUT2D eigenvalue weighted by Crippen LogP contribution is 2.30. The van der Waals surface area contributed by atoms with Crippen LogP contribution in [0.25, 0.3) is 0 Å². The summed E-state index contributed by atoms with van der Waals surface area (Å²) in [7, 11) is 1.71. The van der Waals surface area contributed by atoms with E-state index >= 15 is 0 Å². The number of tetrazole rings is 1. The normalized spacial score (nSPS) is 14.6. The number of benzene rings is 1. The van der Waals surface area contributed by atoms with Gasteiger partial charge in [0.25, 0.3) is 0 Å². The minimum Gasteiger partial charge on any atom is -0.304 e. The number of fused-ring (bicyclic) bond motifs is 1. The zero-order chi connectivity index (χ0) is 13.4. The molecule has 2 heterocycles. The molecular weight excluding hydrogens is 357 g/mol. The van der Waals surface area contributed by atoms with Crippen molar-refractivity contribution in [2.45, 2.75) is 19.4 Å². The molecule has 7 heteroatoms. The van der Waals surface area contributed by atoms with Crippen molar-refractivity contribution in [3.05, 3.63) is 33.2 Å². The van der Waals surface area contributed by atoms with Gasteiger partial charge in [0.2, 0.25) is 5.91 Å². The van der Waals surface area contributed by atoms with E-state index in [1.54, 1.807) is 11.9 Å². The van der Waals surface area contributed by atoms with Gasteiger partial charge in [0.15, 0.2) is 5.82 Å². The molecule has 0 atom stereocenters. The lowest BCUT2D eigenvalue weighted by atomic mass is 10.0. The van der Waals surface area contributed by atoms with Gasteiger partial charge >= 0.3 is 0 Å². The first kappa shape index (κ1) is 12.5. The number of carbonyl (C=O) groups is 1. The number of aryl methyl sites for hydroxylation is 2. The van der Waals surface area contributed by atoms with Crippen LogP contribution in [-0.4, -0.2) is 26.1 Å². The molecule has 0 unspecified atom stereocenters. The molecule has 0 saturated heterocycles. The molecule has 0 spiro atoms. The molecule has 0 fully saturated rings. The second-order valence-electron chi connectivity index (χ2n) is 4.45. The molecule has 3 rings (SSSR count). The molecule has 98 valence electrons. The van der Waals surface area contributed by atoms with Crippen molar-refractivity contribution in [2.24, 2.45) is 7.05 Å². The minimum atomic E-state index is 0.112. The van der Waals surface area contributed by atoms with Gasteiger partial charge in [-0.3, -0.25) is 4.79 Å². The molecular formula is C12H12IN5O. The zero-order valence-corrected chi connectivity index (χ0v) is 12.5. The third-order valence-electron chi connectivity index (χ3n) is 3.09. The van der Waals surface area contributed by atoms with Crippen LogP contribution in [0.5, 0.6) is 0 Å². The van der Waals surface area contributed by atoms with Crippen LogP contribution in [0, 0.1) is 3.57 Å². The van der Waals surface area contributed by atoms with Crippen LogP contribution in [0.4, 0.5) is 5.69 Å². The van der Waals surface area contributed by atoms with Crippen molar-refractivity contribution in [1.29, 1.82) is 0 Å². The van der Waals surface area contributed by atoms with Crippen LogP contribution in [0.2, 0.25) is 0 Å². The highest BCUT2D eigenvalue weighted by atomic mass is 127. The molecule has 2 aromatic rings. The fourth-order valence-corrected chi connectivity index (χ4v) is 2.79. The second-order valence-corrected chi connectivity index (χ2v) is 5.69. The lowest BCUT2D eigenvalue weighted by molar-refractivity contribution is -0.119. The van der Waals surface area contributed by atoms with Crippen LogP contribution in [0.1, 0.15) is 17.8 Å². The third kappa shape index (κ3) is 2.46. The fraction of sp³-hybridized carbons (Fsp3) is 0.333. The van der Waals surface area contributed by atoms with Gasteiger partial charge in [-0.2, -0.15) is 4.80 Å². The van der Waals surface area contributed by atoms with Crippen molar-refractivity contribution in [2.75, 3.05) is 4.90 Å². The van der Waals surface area contributed by atoms with Gasteiger partial charge in [0, 0.05) is 15.7 Å². The monoisotopic (exact) mass is 369 g/mol. The Morgan fingerprint density at radius 1 is 1.37 bits per heavy atom. The molecule has 6 nitrogen and oxygen atoms in total. The van der Waals surface area contributed by atoms with Crippen LogP contribution >= 0.6 is 22.6 Å². The summed E-state index contributed by atoms with van der Waals surface area (Å²) in [5.74, 6) is 0.670. The van der Waals surface area contributed by atoms with E-state index in [9.17, 15) is 4.79 Å². The molecule has 1 amide bonds. The Morgan fingerprint density at radius 3 is 2.95 bits per heavy atom. The molecule has 1 aromatic heterocycles. The molecule has 1 aliphatic heterocycles. The average Bonchev–Trinajstić information content (AvgIpc) is 2.78. The van der Waals surface area contributed by atoms with E-state index in [1.165, 1.54) is 13.9 Å². The average molecular weight is 369 g/mol. The molecule has 0 saturated carbocycles. The number of halogens is 1. The molecule has 0 aliphatic carbocycles. The summed E-state index contributed by atoms with van der Waals surface area (Å²) in [5.41, 5.74) is 2.17. The Labute approximate surface area is 123 Å². The molecule has 0 N–H and O–H groups in total. The topological polar surface area (TPSA) is 63.9 Å². The van der Waals surface area contributed by atoms with Crippen molar-refractivity contribution in [1.82, 2.24) is 20.2 Å². The summed E-state index contributed by atoms with van der Waals surface area (Å²) in [6, 6.07) is 6.12. The lowest BCUT2D eigenvalue weighted by Crippen LogP contribution is -2.35. The largest absolute Gasteiger partial charge is 0.304 e. The van der Waals surface area contributed by atoms with Crippen LogP contribution < -0.4 is 4.90 Å². The number of rotatable bonds is 2. The van der Waals surface area contributed by atoms with Gasteiger partial charge in [-0.25, -0.2) is 0 Å². The number of nitrogens with zero attached hydrogens (tertiary/aromatic N) is 5. The Balaban J connectivity index is 1.94. The number of hydrogen-bond acceptors (Lipinski definition) is 4. The molecule has 0 bridgehead atoms. The highest BCUT2D eigenvalue weighted by Gasteiger charge is 2.25. The molecule has 0 radical (unpaired) electrons. The highest BCUT2D eigenvalue weighted by molar-refractivity contribution is 14.1. The van der Waals surface area contributed by atoms with Crippen molar-refractivity contribution >= 4 is 34.2 Å². The first-order valence-electron chi connectivity index (χ1n) is 5.95. The van der Waals surface area contributed by atoms with Crippen LogP contribution in [-0.2, 0) is 24.8 Å². The summed E-state index contributed by atoms with van der Waals surface area (Å²) >= 11 is 2.28. The van der Waals surface area contributed by atoms with E-state index in [1.807, 2.05) is 12.1 Å². The van der Waals surface area contributed by atoms with Crippen LogP contribution in [0.15, 0.2) is 18.2 Å².